The van der Waals surface area contributed by atoms with E-state index in [0.717, 1.165) is 25.0 Å². The highest BCUT2D eigenvalue weighted by molar-refractivity contribution is 5.69. The molecule has 5 nitrogen and oxygen atoms in total. The molecule has 1 aromatic rings. The van der Waals surface area contributed by atoms with Crippen molar-refractivity contribution in [2.45, 2.75) is 39.5 Å². The van der Waals surface area contributed by atoms with Gasteiger partial charge in [0, 0.05) is 12.1 Å². The van der Waals surface area contributed by atoms with E-state index in [1.807, 2.05) is 26.0 Å². The second kappa shape index (κ2) is 8.34. The van der Waals surface area contributed by atoms with Crippen LogP contribution >= 0.6 is 0 Å². The molecule has 5 heteroatoms. The molecular formula is C14H22N2O3. The molecule has 0 spiro atoms. The topological polar surface area (TPSA) is 74.4 Å². The van der Waals surface area contributed by atoms with E-state index in [4.69, 9.17) is 15.2 Å². The summed E-state index contributed by atoms with van der Waals surface area (Å²) in [6, 6.07) is 3.70. The third-order valence-electron chi connectivity index (χ3n) is 2.61. The van der Waals surface area contributed by atoms with Crippen LogP contribution in [-0.2, 0) is 9.53 Å². The minimum Gasteiger partial charge on any atom is -0.490 e. The predicted octanol–water partition coefficient (Wildman–Crippen LogP) is 2.47. The molecule has 0 saturated heterocycles. The van der Waals surface area contributed by atoms with Gasteiger partial charge in [-0.2, -0.15) is 0 Å². The molecule has 106 valence electrons. The highest BCUT2D eigenvalue weighted by Gasteiger charge is 2.03. The lowest BCUT2D eigenvalue weighted by atomic mass is 10.2. The summed E-state index contributed by atoms with van der Waals surface area (Å²) in [6.45, 7) is 4.72. The summed E-state index contributed by atoms with van der Waals surface area (Å²) in [5.74, 6) is 0.915. The van der Waals surface area contributed by atoms with E-state index in [2.05, 4.69) is 4.98 Å². The Morgan fingerprint density at radius 1 is 1.32 bits per heavy atom. The summed E-state index contributed by atoms with van der Waals surface area (Å²) in [7, 11) is 0. The van der Waals surface area contributed by atoms with E-state index in [1.165, 1.54) is 0 Å². The van der Waals surface area contributed by atoms with Crippen molar-refractivity contribution in [3.05, 3.63) is 17.8 Å². The first-order valence-corrected chi connectivity index (χ1v) is 6.65. The van der Waals surface area contributed by atoms with Crippen molar-refractivity contribution in [1.29, 1.82) is 0 Å². The van der Waals surface area contributed by atoms with Gasteiger partial charge in [0.05, 0.1) is 13.2 Å². The Morgan fingerprint density at radius 2 is 2.11 bits per heavy atom. The van der Waals surface area contributed by atoms with Gasteiger partial charge < -0.3 is 15.2 Å². The standard InChI is InChI=1S/C14H22N2O3/c1-3-18-13(17)7-5-4-6-10-19-12-9-8-11(2)16-14(12)15/h8-9H,3-7,10H2,1-2H3,(H2,15,16). The average Bonchev–Trinajstić information content (AvgIpc) is 2.36. The highest BCUT2D eigenvalue weighted by Crippen LogP contribution is 2.19. The van der Waals surface area contributed by atoms with Crippen LogP contribution in [0.4, 0.5) is 5.82 Å². The molecule has 0 atom stereocenters. The van der Waals surface area contributed by atoms with Crippen molar-refractivity contribution < 1.29 is 14.3 Å². The number of aromatic nitrogens is 1. The number of hydrogen-bond donors (Lipinski definition) is 1. The molecule has 2 N–H and O–H groups in total. The quantitative estimate of drug-likeness (QED) is 0.578. The molecule has 0 aliphatic carbocycles. The molecule has 0 aliphatic rings. The van der Waals surface area contributed by atoms with E-state index in [1.54, 1.807) is 0 Å². The van der Waals surface area contributed by atoms with Crippen molar-refractivity contribution in [1.82, 2.24) is 4.98 Å². The zero-order valence-electron chi connectivity index (χ0n) is 11.6. The number of rotatable bonds is 8. The number of carbonyl (C=O) groups excluding carboxylic acids is 1. The minimum atomic E-state index is -0.129. The maximum absolute atomic E-state index is 11.1. The zero-order valence-corrected chi connectivity index (χ0v) is 11.6. The number of pyridine rings is 1. The molecule has 1 rings (SSSR count). The van der Waals surface area contributed by atoms with E-state index >= 15 is 0 Å². The molecule has 0 bridgehead atoms. The third kappa shape index (κ3) is 6.08. The third-order valence-corrected chi connectivity index (χ3v) is 2.61. The second-order valence-corrected chi connectivity index (χ2v) is 4.30. The number of nitrogens with zero attached hydrogens (tertiary/aromatic N) is 1. The zero-order chi connectivity index (χ0) is 14.1. The lowest BCUT2D eigenvalue weighted by molar-refractivity contribution is -0.143. The average molecular weight is 266 g/mol. The van der Waals surface area contributed by atoms with Crippen LogP contribution in [0.2, 0.25) is 0 Å². The van der Waals surface area contributed by atoms with Crippen molar-refractivity contribution >= 4 is 11.8 Å². The lowest BCUT2D eigenvalue weighted by Gasteiger charge is -2.08. The number of unbranched alkanes of at least 4 members (excludes halogenated alkanes) is 2. The largest absolute Gasteiger partial charge is 0.490 e. The number of hydrogen-bond acceptors (Lipinski definition) is 5. The normalized spacial score (nSPS) is 10.2. The predicted molar refractivity (Wildman–Crippen MR) is 74.0 cm³/mol. The Labute approximate surface area is 114 Å². The van der Waals surface area contributed by atoms with Crippen molar-refractivity contribution in [3.63, 3.8) is 0 Å². The Balaban J connectivity index is 2.12. The summed E-state index contributed by atoms with van der Waals surface area (Å²) >= 11 is 0. The first-order chi connectivity index (χ1) is 9.13. The first-order valence-electron chi connectivity index (χ1n) is 6.65. The van der Waals surface area contributed by atoms with Crippen molar-refractivity contribution in [3.8, 4) is 5.75 Å². The van der Waals surface area contributed by atoms with Crippen molar-refractivity contribution in [2.75, 3.05) is 18.9 Å². The van der Waals surface area contributed by atoms with Gasteiger partial charge >= 0.3 is 5.97 Å². The van der Waals surface area contributed by atoms with Gasteiger partial charge in [-0.15, -0.1) is 0 Å². The van der Waals surface area contributed by atoms with Crippen molar-refractivity contribution in [2.24, 2.45) is 0 Å². The van der Waals surface area contributed by atoms with Gasteiger partial charge in [0.25, 0.3) is 0 Å². The summed E-state index contributed by atoms with van der Waals surface area (Å²) in [6.07, 6.45) is 3.11. The van der Waals surface area contributed by atoms with Gasteiger partial charge in [0.15, 0.2) is 11.6 Å². The number of aryl methyl sites for hydroxylation is 1. The van der Waals surface area contributed by atoms with E-state index < -0.39 is 0 Å². The monoisotopic (exact) mass is 266 g/mol. The van der Waals surface area contributed by atoms with Gasteiger partial charge in [-0.1, -0.05) is 0 Å². The molecule has 0 fully saturated rings. The summed E-state index contributed by atoms with van der Waals surface area (Å²) < 4.78 is 10.4. The van der Waals surface area contributed by atoms with Gasteiger partial charge in [-0.3, -0.25) is 4.79 Å². The van der Waals surface area contributed by atoms with Crippen LogP contribution in [0.3, 0.4) is 0 Å². The first kappa shape index (κ1) is 15.3. The van der Waals surface area contributed by atoms with Crippen LogP contribution in [0, 0.1) is 6.92 Å². The van der Waals surface area contributed by atoms with Crippen LogP contribution in [-0.4, -0.2) is 24.2 Å². The number of nitrogen functional groups attached to an aromatic ring is 1. The maximum atomic E-state index is 11.1. The molecule has 19 heavy (non-hydrogen) atoms. The van der Waals surface area contributed by atoms with Gasteiger partial charge in [-0.25, -0.2) is 4.98 Å². The van der Waals surface area contributed by atoms with Gasteiger partial charge in [-0.05, 0) is 45.2 Å². The molecular weight excluding hydrogens is 244 g/mol. The van der Waals surface area contributed by atoms with Crippen LogP contribution in [0.15, 0.2) is 12.1 Å². The molecule has 0 amide bonds. The van der Waals surface area contributed by atoms with Crippen LogP contribution in [0.5, 0.6) is 5.75 Å². The second-order valence-electron chi connectivity index (χ2n) is 4.30. The lowest BCUT2D eigenvalue weighted by Crippen LogP contribution is -2.05. The SMILES string of the molecule is CCOC(=O)CCCCCOc1ccc(C)nc1N. The smallest absolute Gasteiger partial charge is 0.305 e. The number of ether oxygens (including phenoxy) is 2. The molecule has 1 aromatic heterocycles. The minimum absolute atomic E-state index is 0.129. The molecule has 1 heterocycles. The number of anilines is 1. The summed E-state index contributed by atoms with van der Waals surface area (Å²) in [5.41, 5.74) is 6.61. The van der Waals surface area contributed by atoms with Gasteiger partial charge in [0.1, 0.15) is 0 Å². The molecule has 0 saturated carbocycles. The summed E-state index contributed by atoms with van der Waals surface area (Å²) in [5, 5.41) is 0. The van der Waals surface area contributed by atoms with E-state index in [0.29, 0.717) is 31.2 Å². The molecule has 0 unspecified atom stereocenters. The number of carbonyl (C=O) groups is 1. The van der Waals surface area contributed by atoms with Gasteiger partial charge in [0.2, 0.25) is 0 Å². The Bertz CT molecular complexity index is 408. The van der Waals surface area contributed by atoms with Crippen LogP contribution in [0.1, 0.15) is 38.3 Å². The fourth-order valence-electron chi connectivity index (χ4n) is 1.65. The molecule has 0 aromatic carbocycles. The maximum Gasteiger partial charge on any atom is 0.305 e. The van der Waals surface area contributed by atoms with Crippen LogP contribution < -0.4 is 10.5 Å². The molecule has 0 aliphatic heterocycles. The Kier molecular flexibility index (Phi) is 6.71. The van der Waals surface area contributed by atoms with E-state index in [-0.39, 0.29) is 5.97 Å². The Hall–Kier alpha value is -1.78. The molecule has 0 radical (unpaired) electrons. The summed E-state index contributed by atoms with van der Waals surface area (Å²) in [4.78, 5) is 15.2. The fraction of sp³-hybridized carbons (Fsp3) is 0.571. The van der Waals surface area contributed by atoms with E-state index in [9.17, 15) is 4.79 Å². The fourth-order valence-corrected chi connectivity index (χ4v) is 1.65. The number of esters is 1. The Morgan fingerprint density at radius 3 is 2.79 bits per heavy atom. The highest BCUT2D eigenvalue weighted by atomic mass is 16.5. The van der Waals surface area contributed by atoms with Crippen LogP contribution in [0.25, 0.3) is 0 Å². The number of nitrogens with two attached hydrogens (primary N) is 1.